The molecule has 2 aliphatic rings. The van der Waals surface area contributed by atoms with Crippen LogP contribution in [0.4, 0.5) is 13.2 Å². The molecule has 2 aromatic carbocycles. The van der Waals surface area contributed by atoms with E-state index in [2.05, 4.69) is 25.6 Å². The maximum atomic E-state index is 14.8. The summed E-state index contributed by atoms with van der Waals surface area (Å²) >= 11 is 0. The SMILES string of the molecule is C=CCCC1CCC(c2ccc(C(F)(F)OCCc3ccc(C4CCC(CC)CC4)cc3)c(F)c2)CC1. The lowest BCUT2D eigenvalue weighted by atomic mass is 9.77. The van der Waals surface area contributed by atoms with Crippen LogP contribution in [0.5, 0.6) is 0 Å². The zero-order valence-corrected chi connectivity index (χ0v) is 22.4. The van der Waals surface area contributed by atoms with Crippen molar-refractivity contribution in [3.8, 4) is 0 Å². The molecule has 4 heteroatoms. The van der Waals surface area contributed by atoms with Gasteiger partial charge in [0.25, 0.3) is 0 Å². The average Bonchev–Trinajstić information content (AvgIpc) is 2.92. The van der Waals surface area contributed by atoms with E-state index in [1.165, 1.54) is 49.8 Å². The fourth-order valence-electron chi connectivity index (χ4n) is 6.39. The molecule has 0 spiro atoms. The maximum absolute atomic E-state index is 14.8. The minimum Gasteiger partial charge on any atom is -0.316 e. The molecule has 0 atom stereocenters. The molecule has 0 bridgehead atoms. The number of alkyl halides is 2. The Bertz CT molecular complexity index is 983. The summed E-state index contributed by atoms with van der Waals surface area (Å²) in [5, 5.41) is 0. The monoisotopic (exact) mass is 512 g/mol. The van der Waals surface area contributed by atoms with E-state index in [1.807, 2.05) is 18.2 Å². The summed E-state index contributed by atoms with van der Waals surface area (Å²) in [6.45, 7) is 5.90. The van der Waals surface area contributed by atoms with E-state index < -0.39 is 17.5 Å². The Labute approximate surface area is 221 Å². The molecule has 0 N–H and O–H groups in total. The average molecular weight is 513 g/mol. The van der Waals surface area contributed by atoms with E-state index in [4.69, 9.17) is 4.74 Å². The first kappa shape index (κ1) is 28.0. The van der Waals surface area contributed by atoms with Crippen molar-refractivity contribution >= 4 is 0 Å². The normalized spacial score (nSPS) is 24.6. The quantitative estimate of drug-likeness (QED) is 0.272. The van der Waals surface area contributed by atoms with Crippen molar-refractivity contribution in [3.05, 3.63) is 83.2 Å². The number of rotatable bonds is 11. The molecule has 0 unspecified atom stereocenters. The van der Waals surface area contributed by atoms with E-state index in [-0.39, 0.29) is 12.5 Å². The van der Waals surface area contributed by atoms with Crippen molar-refractivity contribution in [2.45, 2.75) is 102 Å². The topological polar surface area (TPSA) is 9.23 Å². The molecule has 2 fully saturated rings. The van der Waals surface area contributed by atoms with Crippen LogP contribution < -0.4 is 0 Å². The number of benzene rings is 2. The molecule has 0 aliphatic heterocycles. The summed E-state index contributed by atoms with van der Waals surface area (Å²) in [4.78, 5) is 0. The lowest BCUT2D eigenvalue weighted by molar-refractivity contribution is -0.249. The molecule has 1 nitrogen and oxygen atoms in total. The first-order chi connectivity index (χ1) is 17.9. The van der Waals surface area contributed by atoms with Crippen molar-refractivity contribution < 1.29 is 17.9 Å². The second-order valence-corrected chi connectivity index (χ2v) is 11.3. The van der Waals surface area contributed by atoms with Gasteiger partial charge in [0.2, 0.25) is 0 Å². The Morgan fingerprint density at radius 3 is 2.05 bits per heavy atom. The first-order valence-electron chi connectivity index (χ1n) is 14.4. The van der Waals surface area contributed by atoms with Crippen LogP contribution in [0.3, 0.4) is 0 Å². The van der Waals surface area contributed by atoms with Gasteiger partial charge in [-0.3, -0.25) is 0 Å². The Balaban J connectivity index is 1.26. The van der Waals surface area contributed by atoms with Gasteiger partial charge in [0.05, 0.1) is 12.2 Å². The van der Waals surface area contributed by atoms with Crippen LogP contribution in [-0.4, -0.2) is 6.61 Å². The van der Waals surface area contributed by atoms with Gasteiger partial charge in [-0.2, -0.15) is 8.78 Å². The number of ether oxygens (including phenoxy) is 1. The molecule has 2 aromatic rings. The summed E-state index contributed by atoms with van der Waals surface area (Å²) in [5.41, 5.74) is 2.45. The molecule has 202 valence electrons. The van der Waals surface area contributed by atoms with Crippen LogP contribution in [-0.2, 0) is 17.3 Å². The van der Waals surface area contributed by atoms with Gasteiger partial charge in [0.1, 0.15) is 5.82 Å². The third-order valence-electron chi connectivity index (χ3n) is 8.95. The molecule has 0 amide bonds. The number of allylic oxidation sites excluding steroid dienone is 1. The zero-order valence-electron chi connectivity index (χ0n) is 22.4. The highest BCUT2D eigenvalue weighted by Crippen LogP contribution is 2.40. The lowest BCUT2D eigenvalue weighted by Gasteiger charge is -2.29. The molecular weight excluding hydrogens is 469 g/mol. The van der Waals surface area contributed by atoms with Gasteiger partial charge in [-0.05, 0) is 123 Å². The van der Waals surface area contributed by atoms with Crippen molar-refractivity contribution in [2.24, 2.45) is 11.8 Å². The van der Waals surface area contributed by atoms with Crippen LogP contribution in [0, 0.1) is 17.7 Å². The highest BCUT2D eigenvalue weighted by Gasteiger charge is 2.36. The van der Waals surface area contributed by atoms with Gasteiger partial charge in [-0.1, -0.05) is 49.8 Å². The lowest BCUT2D eigenvalue weighted by Crippen LogP contribution is -2.22. The van der Waals surface area contributed by atoms with Crippen molar-refractivity contribution in [1.82, 2.24) is 0 Å². The molecule has 0 saturated heterocycles. The van der Waals surface area contributed by atoms with E-state index in [0.717, 1.165) is 55.6 Å². The van der Waals surface area contributed by atoms with Crippen molar-refractivity contribution in [3.63, 3.8) is 0 Å². The van der Waals surface area contributed by atoms with Gasteiger partial charge < -0.3 is 4.74 Å². The van der Waals surface area contributed by atoms with Crippen LogP contribution in [0.1, 0.15) is 112 Å². The summed E-state index contributed by atoms with van der Waals surface area (Å²) in [6.07, 6.45) is 11.3. The Kier molecular flexibility index (Phi) is 9.92. The molecule has 2 saturated carbocycles. The Hall–Kier alpha value is -2.07. The summed E-state index contributed by atoms with van der Waals surface area (Å²) in [7, 11) is 0. The van der Waals surface area contributed by atoms with Gasteiger partial charge in [0, 0.05) is 0 Å². The van der Waals surface area contributed by atoms with E-state index in [1.54, 1.807) is 6.07 Å². The molecule has 0 aromatic heterocycles. The molecule has 0 heterocycles. The predicted octanol–water partition coefficient (Wildman–Crippen LogP) is 10.1. The highest BCUT2D eigenvalue weighted by molar-refractivity contribution is 5.29. The Morgan fingerprint density at radius 1 is 0.865 bits per heavy atom. The molecule has 37 heavy (non-hydrogen) atoms. The first-order valence-corrected chi connectivity index (χ1v) is 14.4. The fraction of sp³-hybridized carbons (Fsp3) is 0.576. The third-order valence-corrected chi connectivity index (χ3v) is 8.95. The highest BCUT2D eigenvalue weighted by atomic mass is 19.3. The molecular formula is C33H43F3O. The van der Waals surface area contributed by atoms with E-state index in [0.29, 0.717) is 18.3 Å². The van der Waals surface area contributed by atoms with Crippen LogP contribution in [0.2, 0.25) is 0 Å². The molecule has 2 aliphatic carbocycles. The molecule has 4 rings (SSSR count). The predicted molar refractivity (Wildman–Crippen MR) is 146 cm³/mol. The third kappa shape index (κ3) is 7.50. The largest absolute Gasteiger partial charge is 0.386 e. The molecule has 0 radical (unpaired) electrons. The standard InChI is InChI=1S/C33H43F3O/c1-3-5-6-25-9-17-29(18-10-25)30-19-20-31(32(34)23-30)33(35,36)37-22-21-26-11-15-28(16-12-26)27-13-7-24(4-2)8-14-27/h3,11-12,15-16,19-20,23-25,27,29H,1,4-10,13-14,17-18,21-22H2,2H3. The van der Waals surface area contributed by atoms with E-state index >= 15 is 0 Å². The fourth-order valence-corrected chi connectivity index (χ4v) is 6.39. The summed E-state index contributed by atoms with van der Waals surface area (Å²) < 4.78 is 49.2. The maximum Gasteiger partial charge on any atom is 0.386 e. The summed E-state index contributed by atoms with van der Waals surface area (Å²) in [5.74, 6) is 1.52. The minimum atomic E-state index is -3.65. The smallest absolute Gasteiger partial charge is 0.316 e. The number of halogens is 3. The van der Waals surface area contributed by atoms with Gasteiger partial charge in [0.15, 0.2) is 0 Å². The number of hydrogen-bond donors (Lipinski definition) is 0. The Morgan fingerprint density at radius 2 is 1.46 bits per heavy atom. The van der Waals surface area contributed by atoms with Gasteiger partial charge in [-0.25, -0.2) is 4.39 Å². The van der Waals surface area contributed by atoms with Crippen molar-refractivity contribution in [2.75, 3.05) is 6.61 Å². The minimum absolute atomic E-state index is 0.163. The second kappa shape index (κ2) is 13.1. The van der Waals surface area contributed by atoms with Gasteiger partial charge in [-0.15, -0.1) is 6.58 Å². The second-order valence-electron chi connectivity index (χ2n) is 11.3. The van der Waals surface area contributed by atoms with Crippen LogP contribution >= 0.6 is 0 Å². The number of hydrogen-bond acceptors (Lipinski definition) is 1. The van der Waals surface area contributed by atoms with Crippen LogP contribution in [0.15, 0.2) is 55.1 Å². The summed E-state index contributed by atoms with van der Waals surface area (Å²) in [6, 6.07) is 12.5. The van der Waals surface area contributed by atoms with Crippen LogP contribution in [0.25, 0.3) is 0 Å². The van der Waals surface area contributed by atoms with E-state index in [9.17, 15) is 13.2 Å². The van der Waals surface area contributed by atoms with Gasteiger partial charge >= 0.3 is 6.11 Å². The zero-order chi connectivity index (χ0) is 26.3. The van der Waals surface area contributed by atoms with Crippen molar-refractivity contribution in [1.29, 1.82) is 0 Å².